The van der Waals surface area contributed by atoms with Crippen LogP contribution in [0.5, 0.6) is 0 Å². The minimum Gasteiger partial charge on any atom is -0.297 e. The summed E-state index contributed by atoms with van der Waals surface area (Å²) in [6.45, 7) is 9.90. The van der Waals surface area contributed by atoms with Crippen molar-refractivity contribution in [3.8, 4) is 6.07 Å². The van der Waals surface area contributed by atoms with Crippen LogP contribution in [0.3, 0.4) is 0 Å². The van der Waals surface area contributed by atoms with Crippen molar-refractivity contribution in [1.82, 2.24) is 9.78 Å². The molecule has 1 aromatic heterocycles. The standard InChI is InChI=1S/C26H37N3O/c1-5-12-25(3)19(6-2)7-8-20-21-9-10-23(26(21,4)13-11-22(20)25)24(30)17-29-16-18(14-27)15-28-29/h11,15-16,19-21,23H,5-10,12-13,17H2,1-4H3. The van der Waals surface area contributed by atoms with E-state index in [2.05, 4.69) is 44.9 Å². The van der Waals surface area contributed by atoms with Crippen LogP contribution in [0.4, 0.5) is 0 Å². The normalized spacial score (nSPS) is 37.8. The van der Waals surface area contributed by atoms with Gasteiger partial charge in [0.2, 0.25) is 0 Å². The van der Waals surface area contributed by atoms with Gasteiger partial charge in [-0.2, -0.15) is 10.4 Å². The van der Waals surface area contributed by atoms with E-state index in [1.807, 2.05) is 0 Å². The molecule has 0 spiro atoms. The molecule has 1 heterocycles. The minimum absolute atomic E-state index is 0.0721. The number of nitrogens with zero attached hydrogens (tertiary/aromatic N) is 3. The molecular formula is C26H37N3O. The lowest BCUT2D eigenvalue weighted by Gasteiger charge is -2.54. The van der Waals surface area contributed by atoms with E-state index in [0.717, 1.165) is 18.8 Å². The summed E-state index contributed by atoms with van der Waals surface area (Å²) in [6.07, 6.45) is 15.5. The van der Waals surface area contributed by atoms with Gasteiger partial charge in [-0.3, -0.25) is 9.48 Å². The zero-order chi connectivity index (χ0) is 21.5. The first-order valence-corrected chi connectivity index (χ1v) is 12.0. The average molecular weight is 408 g/mol. The molecule has 0 bridgehead atoms. The number of hydrogen-bond acceptors (Lipinski definition) is 3. The van der Waals surface area contributed by atoms with Crippen molar-refractivity contribution in [3.05, 3.63) is 29.6 Å². The van der Waals surface area contributed by atoms with Crippen LogP contribution in [-0.2, 0) is 11.3 Å². The van der Waals surface area contributed by atoms with E-state index >= 15 is 0 Å². The highest BCUT2D eigenvalue weighted by atomic mass is 16.1. The van der Waals surface area contributed by atoms with Crippen LogP contribution in [-0.4, -0.2) is 15.6 Å². The van der Waals surface area contributed by atoms with Crippen LogP contribution in [0.1, 0.15) is 84.6 Å². The molecule has 6 atom stereocenters. The first-order chi connectivity index (χ1) is 14.4. The van der Waals surface area contributed by atoms with E-state index < -0.39 is 0 Å². The average Bonchev–Trinajstić information content (AvgIpc) is 3.32. The van der Waals surface area contributed by atoms with Gasteiger partial charge in [-0.25, -0.2) is 0 Å². The Bertz CT molecular complexity index is 877. The van der Waals surface area contributed by atoms with E-state index in [0.29, 0.717) is 35.1 Å². The van der Waals surface area contributed by atoms with Gasteiger partial charge in [0.15, 0.2) is 5.78 Å². The second-order valence-corrected chi connectivity index (χ2v) is 10.6. The van der Waals surface area contributed by atoms with Crippen LogP contribution in [0.15, 0.2) is 24.0 Å². The number of rotatable bonds is 6. The third-order valence-electron chi connectivity index (χ3n) is 9.17. The number of Topliss-reactive ketones (excluding diaryl/α,β-unsaturated/α-hetero) is 1. The fourth-order valence-electron chi connectivity index (χ4n) is 7.69. The summed E-state index contributed by atoms with van der Waals surface area (Å²) in [5.74, 6) is 2.50. The molecule has 4 heteroatoms. The number of hydrogen-bond donors (Lipinski definition) is 0. The first-order valence-electron chi connectivity index (χ1n) is 12.0. The summed E-state index contributed by atoms with van der Waals surface area (Å²) in [6, 6.07) is 2.10. The largest absolute Gasteiger partial charge is 0.297 e. The Balaban J connectivity index is 1.58. The number of allylic oxidation sites excluding steroid dienone is 2. The summed E-state index contributed by atoms with van der Waals surface area (Å²) in [7, 11) is 0. The Kier molecular flexibility index (Phi) is 5.68. The van der Waals surface area contributed by atoms with Crippen LogP contribution < -0.4 is 0 Å². The third kappa shape index (κ3) is 3.26. The van der Waals surface area contributed by atoms with E-state index in [4.69, 9.17) is 5.26 Å². The Morgan fingerprint density at radius 1 is 1.27 bits per heavy atom. The lowest BCUT2D eigenvalue weighted by atomic mass is 9.50. The lowest BCUT2D eigenvalue weighted by molar-refractivity contribution is -0.127. The Labute approximate surface area is 181 Å². The molecule has 0 aromatic carbocycles. The smallest absolute Gasteiger partial charge is 0.157 e. The highest BCUT2D eigenvalue weighted by Crippen LogP contribution is 2.64. The number of nitriles is 1. The maximum Gasteiger partial charge on any atom is 0.157 e. The van der Waals surface area contributed by atoms with Crippen LogP contribution in [0, 0.1) is 45.8 Å². The molecule has 2 fully saturated rings. The molecule has 6 unspecified atom stereocenters. The molecule has 0 saturated heterocycles. The zero-order valence-electron chi connectivity index (χ0n) is 19.2. The highest BCUT2D eigenvalue weighted by molar-refractivity contribution is 5.82. The van der Waals surface area contributed by atoms with Gasteiger partial charge in [0.25, 0.3) is 0 Å². The van der Waals surface area contributed by atoms with Crippen molar-refractivity contribution >= 4 is 5.78 Å². The van der Waals surface area contributed by atoms with Gasteiger partial charge in [0.1, 0.15) is 6.07 Å². The van der Waals surface area contributed by atoms with Gasteiger partial charge in [0.05, 0.1) is 18.3 Å². The molecule has 0 N–H and O–H groups in total. The van der Waals surface area contributed by atoms with Gasteiger partial charge in [0, 0.05) is 12.1 Å². The quantitative estimate of drug-likeness (QED) is 0.549. The van der Waals surface area contributed by atoms with Gasteiger partial charge in [-0.1, -0.05) is 52.2 Å². The number of aromatic nitrogens is 2. The van der Waals surface area contributed by atoms with E-state index in [1.165, 1.54) is 38.5 Å². The molecule has 3 aliphatic rings. The van der Waals surface area contributed by atoms with Gasteiger partial charge < -0.3 is 0 Å². The number of ketones is 1. The van der Waals surface area contributed by atoms with Crippen molar-refractivity contribution in [2.75, 3.05) is 0 Å². The van der Waals surface area contributed by atoms with E-state index in [-0.39, 0.29) is 11.3 Å². The lowest BCUT2D eigenvalue weighted by Crippen LogP contribution is -2.46. The fraction of sp³-hybridized carbons (Fsp3) is 0.731. The predicted molar refractivity (Wildman–Crippen MR) is 118 cm³/mol. The second-order valence-electron chi connectivity index (χ2n) is 10.6. The maximum atomic E-state index is 13.3. The van der Waals surface area contributed by atoms with Crippen LogP contribution >= 0.6 is 0 Å². The number of carbonyl (C=O) groups excluding carboxylic acids is 1. The molecule has 4 nitrogen and oxygen atoms in total. The molecular weight excluding hydrogens is 370 g/mol. The summed E-state index contributed by atoms with van der Waals surface area (Å²) in [5, 5.41) is 13.2. The second kappa shape index (κ2) is 7.98. The van der Waals surface area contributed by atoms with Gasteiger partial charge in [-0.05, 0) is 67.1 Å². The summed E-state index contributed by atoms with van der Waals surface area (Å²) in [4.78, 5) is 13.3. The Morgan fingerprint density at radius 2 is 2.07 bits per heavy atom. The third-order valence-corrected chi connectivity index (χ3v) is 9.17. The Morgan fingerprint density at radius 3 is 2.73 bits per heavy atom. The summed E-state index contributed by atoms with van der Waals surface area (Å²) >= 11 is 0. The number of fused-ring (bicyclic) bond motifs is 3. The molecule has 3 aliphatic carbocycles. The monoisotopic (exact) mass is 407 g/mol. The zero-order valence-corrected chi connectivity index (χ0v) is 19.2. The van der Waals surface area contributed by atoms with Crippen LogP contribution in [0.25, 0.3) is 0 Å². The molecule has 0 radical (unpaired) electrons. The van der Waals surface area contributed by atoms with Gasteiger partial charge in [-0.15, -0.1) is 0 Å². The number of carbonyl (C=O) groups is 1. The molecule has 2 saturated carbocycles. The predicted octanol–water partition coefficient (Wildman–Crippen LogP) is 5.93. The molecule has 4 rings (SSSR count). The van der Waals surface area contributed by atoms with Crippen molar-refractivity contribution in [2.45, 2.75) is 85.6 Å². The molecule has 0 aliphatic heterocycles. The van der Waals surface area contributed by atoms with Crippen LogP contribution in [0.2, 0.25) is 0 Å². The minimum atomic E-state index is 0.0721. The maximum absolute atomic E-state index is 13.3. The van der Waals surface area contributed by atoms with E-state index in [1.54, 1.807) is 22.6 Å². The molecule has 30 heavy (non-hydrogen) atoms. The molecule has 162 valence electrons. The van der Waals surface area contributed by atoms with E-state index in [9.17, 15) is 4.79 Å². The highest BCUT2D eigenvalue weighted by Gasteiger charge is 2.57. The first kappa shape index (κ1) is 21.3. The van der Waals surface area contributed by atoms with Crippen molar-refractivity contribution in [2.24, 2.45) is 34.5 Å². The van der Waals surface area contributed by atoms with Gasteiger partial charge >= 0.3 is 0 Å². The summed E-state index contributed by atoms with van der Waals surface area (Å²) in [5.41, 5.74) is 2.68. The SMILES string of the molecule is CCCC1(C)C2=CCC3(C)C(C(=O)Cn4cc(C#N)cn4)CCC3C2CCC1CC. The van der Waals surface area contributed by atoms with Crippen molar-refractivity contribution in [1.29, 1.82) is 5.26 Å². The Hall–Kier alpha value is -1.89. The van der Waals surface area contributed by atoms with Crippen molar-refractivity contribution in [3.63, 3.8) is 0 Å². The topological polar surface area (TPSA) is 58.7 Å². The molecule has 1 aromatic rings. The molecule has 0 amide bonds. The van der Waals surface area contributed by atoms with Crippen molar-refractivity contribution < 1.29 is 4.79 Å². The summed E-state index contributed by atoms with van der Waals surface area (Å²) < 4.78 is 1.65. The fourth-order valence-corrected chi connectivity index (χ4v) is 7.69.